The largest absolute Gasteiger partial charge is 0.493 e. The van der Waals surface area contributed by atoms with Gasteiger partial charge in [0.25, 0.3) is 5.91 Å². The molecular weight excluding hydrogens is 274 g/mol. The second-order valence-corrected chi connectivity index (χ2v) is 5.48. The van der Waals surface area contributed by atoms with Crippen molar-refractivity contribution in [2.45, 2.75) is 12.5 Å². The van der Waals surface area contributed by atoms with Crippen molar-refractivity contribution in [1.82, 2.24) is 5.32 Å². The Kier molecular flexibility index (Phi) is 3.71. The molecule has 4 nitrogen and oxygen atoms in total. The molecule has 0 spiro atoms. The monoisotopic (exact) mass is 289 g/mol. The Hall–Kier alpha value is -1.85. The van der Waals surface area contributed by atoms with Gasteiger partial charge in [-0.25, -0.2) is 0 Å². The Morgan fingerprint density at radius 2 is 2.35 bits per heavy atom. The number of rotatable bonds is 4. The van der Waals surface area contributed by atoms with Crippen molar-refractivity contribution < 1.29 is 14.6 Å². The van der Waals surface area contributed by atoms with Crippen LogP contribution in [0.3, 0.4) is 0 Å². The molecule has 0 aliphatic carbocycles. The number of aliphatic hydroxyl groups is 1. The second kappa shape index (κ2) is 5.64. The van der Waals surface area contributed by atoms with E-state index in [1.807, 2.05) is 23.6 Å². The van der Waals surface area contributed by atoms with Gasteiger partial charge < -0.3 is 15.2 Å². The SMILES string of the molecule is O=C(NCC(O)c1ccc2c(c1)CCO2)c1ccsc1. The van der Waals surface area contributed by atoms with Crippen LogP contribution in [0, 0.1) is 0 Å². The number of hydrogen-bond donors (Lipinski definition) is 2. The van der Waals surface area contributed by atoms with E-state index in [1.54, 1.807) is 11.4 Å². The Morgan fingerprint density at radius 1 is 1.45 bits per heavy atom. The number of nitrogens with one attached hydrogen (secondary N) is 1. The summed E-state index contributed by atoms with van der Waals surface area (Å²) in [5, 5.41) is 16.5. The van der Waals surface area contributed by atoms with Gasteiger partial charge in [0, 0.05) is 23.9 Å². The van der Waals surface area contributed by atoms with Crippen molar-refractivity contribution in [3.8, 4) is 5.75 Å². The zero-order chi connectivity index (χ0) is 13.9. The fourth-order valence-electron chi connectivity index (χ4n) is 2.22. The molecule has 104 valence electrons. The van der Waals surface area contributed by atoms with E-state index in [1.165, 1.54) is 11.3 Å². The van der Waals surface area contributed by atoms with Gasteiger partial charge in [-0.05, 0) is 34.7 Å². The minimum Gasteiger partial charge on any atom is -0.493 e. The minimum absolute atomic E-state index is 0.158. The van der Waals surface area contributed by atoms with Gasteiger partial charge in [-0.2, -0.15) is 11.3 Å². The van der Waals surface area contributed by atoms with Crippen molar-refractivity contribution >= 4 is 17.2 Å². The molecule has 1 unspecified atom stereocenters. The van der Waals surface area contributed by atoms with E-state index in [9.17, 15) is 9.90 Å². The van der Waals surface area contributed by atoms with Gasteiger partial charge in [0.15, 0.2) is 0 Å². The van der Waals surface area contributed by atoms with E-state index < -0.39 is 6.10 Å². The number of hydrogen-bond acceptors (Lipinski definition) is 4. The Bertz CT molecular complexity index is 610. The van der Waals surface area contributed by atoms with Crippen molar-refractivity contribution in [1.29, 1.82) is 0 Å². The lowest BCUT2D eigenvalue weighted by Crippen LogP contribution is -2.28. The first-order valence-corrected chi connectivity index (χ1v) is 7.42. The molecule has 0 fully saturated rings. The van der Waals surface area contributed by atoms with Crippen molar-refractivity contribution in [2.24, 2.45) is 0 Å². The summed E-state index contributed by atoms with van der Waals surface area (Å²) in [6.07, 6.45) is 0.167. The maximum Gasteiger partial charge on any atom is 0.252 e. The average Bonchev–Trinajstić information content (AvgIpc) is 3.13. The number of ether oxygens (including phenoxy) is 1. The van der Waals surface area contributed by atoms with Gasteiger partial charge in [-0.15, -0.1) is 0 Å². The van der Waals surface area contributed by atoms with Crippen LogP contribution in [0.1, 0.15) is 27.6 Å². The van der Waals surface area contributed by atoms with E-state index in [-0.39, 0.29) is 12.5 Å². The summed E-state index contributed by atoms with van der Waals surface area (Å²) in [6.45, 7) is 0.901. The standard InChI is InChI=1S/C15H15NO3S/c17-13(8-16-15(18)12-4-6-20-9-12)10-1-2-14-11(7-10)3-5-19-14/h1-2,4,6-7,9,13,17H,3,5,8H2,(H,16,18). The van der Waals surface area contributed by atoms with Gasteiger partial charge in [-0.1, -0.05) is 6.07 Å². The molecule has 5 heteroatoms. The summed E-state index contributed by atoms with van der Waals surface area (Å²) in [4.78, 5) is 11.8. The van der Waals surface area contributed by atoms with Crippen molar-refractivity contribution in [2.75, 3.05) is 13.2 Å². The smallest absolute Gasteiger partial charge is 0.252 e. The summed E-state index contributed by atoms with van der Waals surface area (Å²) in [5.41, 5.74) is 2.55. The third-order valence-electron chi connectivity index (χ3n) is 3.34. The van der Waals surface area contributed by atoms with Gasteiger partial charge in [0.2, 0.25) is 0 Å². The van der Waals surface area contributed by atoms with Gasteiger partial charge >= 0.3 is 0 Å². The lowest BCUT2D eigenvalue weighted by molar-refractivity contribution is 0.0916. The molecule has 3 rings (SSSR count). The van der Waals surface area contributed by atoms with Crippen LogP contribution in [0.2, 0.25) is 0 Å². The van der Waals surface area contributed by atoms with Crippen LogP contribution in [0.4, 0.5) is 0 Å². The van der Waals surface area contributed by atoms with Crippen LogP contribution >= 0.6 is 11.3 Å². The number of thiophene rings is 1. The molecule has 2 N–H and O–H groups in total. The van der Waals surface area contributed by atoms with Crippen LogP contribution in [-0.4, -0.2) is 24.2 Å². The van der Waals surface area contributed by atoms with E-state index in [0.29, 0.717) is 12.2 Å². The molecule has 1 aromatic heterocycles. The zero-order valence-corrected chi connectivity index (χ0v) is 11.7. The van der Waals surface area contributed by atoms with E-state index >= 15 is 0 Å². The van der Waals surface area contributed by atoms with Gasteiger partial charge in [0.05, 0.1) is 12.7 Å². The van der Waals surface area contributed by atoms with Gasteiger partial charge in [-0.3, -0.25) is 4.79 Å². The van der Waals surface area contributed by atoms with Crippen LogP contribution in [0.15, 0.2) is 35.0 Å². The predicted octanol–water partition coefficient (Wildman–Crippen LogP) is 2.15. The number of amides is 1. The highest BCUT2D eigenvalue weighted by molar-refractivity contribution is 7.08. The fourth-order valence-corrected chi connectivity index (χ4v) is 2.85. The quantitative estimate of drug-likeness (QED) is 0.906. The van der Waals surface area contributed by atoms with E-state index in [4.69, 9.17) is 4.74 Å². The Balaban J connectivity index is 1.62. The predicted molar refractivity (Wildman–Crippen MR) is 77.3 cm³/mol. The summed E-state index contributed by atoms with van der Waals surface area (Å²) >= 11 is 1.47. The molecule has 0 saturated heterocycles. The number of fused-ring (bicyclic) bond motifs is 1. The lowest BCUT2D eigenvalue weighted by atomic mass is 10.0. The fraction of sp³-hybridized carbons (Fsp3) is 0.267. The van der Waals surface area contributed by atoms with Crippen molar-refractivity contribution in [3.63, 3.8) is 0 Å². The highest BCUT2D eigenvalue weighted by atomic mass is 32.1. The molecule has 1 atom stereocenters. The van der Waals surface area contributed by atoms with Crippen LogP contribution in [-0.2, 0) is 6.42 Å². The number of carbonyl (C=O) groups is 1. The van der Waals surface area contributed by atoms with E-state index in [0.717, 1.165) is 23.3 Å². The average molecular weight is 289 g/mol. The van der Waals surface area contributed by atoms with Crippen LogP contribution in [0.25, 0.3) is 0 Å². The molecule has 0 saturated carbocycles. The van der Waals surface area contributed by atoms with Gasteiger partial charge in [0.1, 0.15) is 5.75 Å². The number of carbonyl (C=O) groups excluding carboxylic acids is 1. The molecule has 2 heterocycles. The topological polar surface area (TPSA) is 58.6 Å². The molecule has 1 aliphatic heterocycles. The summed E-state index contributed by atoms with van der Waals surface area (Å²) < 4.78 is 5.43. The molecule has 2 aromatic rings. The number of aliphatic hydroxyl groups excluding tert-OH is 1. The first-order valence-electron chi connectivity index (χ1n) is 6.48. The molecule has 1 aromatic carbocycles. The minimum atomic E-state index is -0.705. The maximum atomic E-state index is 11.8. The molecule has 1 aliphatic rings. The van der Waals surface area contributed by atoms with E-state index in [2.05, 4.69) is 5.32 Å². The third kappa shape index (κ3) is 2.69. The summed E-state index contributed by atoms with van der Waals surface area (Å²) in [5.74, 6) is 0.734. The first kappa shape index (κ1) is 13.1. The second-order valence-electron chi connectivity index (χ2n) is 4.70. The van der Waals surface area contributed by atoms with Crippen molar-refractivity contribution in [3.05, 3.63) is 51.7 Å². The molecule has 20 heavy (non-hydrogen) atoms. The third-order valence-corrected chi connectivity index (χ3v) is 4.02. The zero-order valence-electron chi connectivity index (χ0n) is 10.8. The molecular formula is C15H15NO3S. The summed E-state index contributed by atoms with van der Waals surface area (Å²) in [6, 6.07) is 7.43. The lowest BCUT2D eigenvalue weighted by Gasteiger charge is -2.13. The normalized spacial score (nSPS) is 14.4. The highest BCUT2D eigenvalue weighted by Crippen LogP contribution is 2.28. The summed E-state index contributed by atoms with van der Waals surface area (Å²) in [7, 11) is 0. The Labute approximate surface area is 121 Å². The van der Waals surface area contributed by atoms with Crippen LogP contribution < -0.4 is 10.1 Å². The highest BCUT2D eigenvalue weighted by Gasteiger charge is 2.16. The molecule has 0 bridgehead atoms. The Morgan fingerprint density at radius 3 is 3.15 bits per heavy atom. The maximum absolute atomic E-state index is 11.8. The number of benzene rings is 1. The molecule has 0 radical (unpaired) electrons. The first-order chi connectivity index (χ1) is 9.74. The molecule has 1 amide bonds. The van der Waals surface area contributed by atoms with Crippen LogP contribution in [0.5, 0.6) is 5.75 Å².